The quantitative estimate of drug-likeness (QED) is 0.580. The van der Waals surface area contributed by atoms with Crippen LogP contribution in [-0.2, 0) is 4.79 Å². The lowest BCUT2D eigenvalue weighted by atomic mass is 10.0. The summed E-state index contributed by atoms with van der Waals surface area (Å²) in [6.45, 7) is 2.46. The van der Waals surface area contributed by atoms with Crippen molar-refractivity contribution in [2.45, 2.75) is 26.2 Å². The molecular formula is C7H16N2O. The zero-order valence-electron chi connectivity index (χ0n) is 6.47. The van der Waals surface area contributed by atoms with E-state index in [0.717, 1.165) is 19.3 Å². The Bertz CT molecular complexity index is 104. The number of carbonyl (C=O) groups is 1. The van der Waals surface area contributed by atoms with Crippen LogP contribution in [0.3, 0.4) is 0 Å². The van der Waals surface area contributed by atoms with Gasteiger partial charge in [-0.25, -0.2) is 0 Å². The number of carbonyl (C=O) groups excluding carboxylic acids is 1. The third-order valence-corrected chi connectivity index (χ3v) is 1.59. The molecule has 3 nitrogen and oxygen atoms in total. The van der Waals surface area contributed by atoms with E-state index in [4.69, 9.17) is 11.5 Å². The monoisotopic (exact) mass is 144 g/mol. The number of hydrogen-bond acceptors (Lipinski definition) is 2. The van der Waals surface area contributed by atoms with Crippen LogP contribution in [0.1, 0.15) is 26.2 Å². The highest BCUT2D eigenvalue weighted by molar-refractivity contribution is 5.76. The van der Waals surface area contributed by atoms with Crippen LogP contribution in [0.5, 0.6) is 0 Å². The first-order valence-corrected chi connectivity index (χ1v) is 3.71. The fraction of sp³-hybridized carbons (Fsp3) is 0.857. The molecule has 60 valence electrons. The van der Waals surface area contributed by atoms with E-state index in [0.29, 0.717) is 6.54 Å². The van der Waals surface area contributed by atoms with Gasteiger partial charge in [0.25, 0.3) is 0 Å². The van der Waals surface area contributed by atoms with E-state index in [1.165, 1.54) is 0 Å². The summed E-state index contributed by atoms with van der Waals surface area (Å²) >= 11 is 0. The molecule has 0 radical (unpaired) electrons. The number of rotatable bonds is 5. The fourth-order valence-corrected chi connectivity index (χ4v) is 0.827. The Morgan fingerprint density at radius 3 is 2.50 bits per heavy atom. The lowest BCUT2D eigenvalue weighted by Gasteiger charge is -2.08. The van der Waals surface area contributed by atoms with Crippen molar-refractivity contribution >= 4 is 5.91 Å². The molecule has 3 heteroatoms. The minimum atomic E-state index is -0.268. The minimum absolute atomic E-state index is 0.111. The second-order valence-corrected chi connectivity index (χ2v) is 2.48. The van der Waals surface area contributed by atoms with Crippen molar-refractivity contribution in [3.63, 3.8) is 0 Å². The van der Waals surface area contributed by atoms with Crippen molar-refractivity contribution < 1.29 is 4.79 Å². The summed E-state index contributed by atoms with van der Waals surface area (Å²) in [5.74, 6) is -0.379. The molecule has 0 aliphatic heterocycles. The van der Waals surface area contributed by atoms with Gasteiger partial charge in [-0.1, -0.05) is 19.8 Å². The molecule has 0 saturated heterocycles. The summed E-state index contributed by atoms with van der Waals surface area (Å²) in [5.41, 5.74) is 10.4. The molecule has 0 aliphatic rings. The molecule has 1 unspecified atom stereocenters. The first-order valence-electron chi connectivity index (χ1n) is 3.71. The molecule has 0 spiro atoms. The Kier molecular flexibility index (Phi) is 4.94. The maximum Gasteiger partial charge on any atom is 0.221 e. The Hall–Kier alpha value is -0.570. The molecule has 0 aromatic rings. The van der Waals surface area contributed by atoms with Crippen molar-refractivity contribution in [2.24, 2.45) is 17.4 Å². The van der Waals surface area contributed by atoms with Crippen LogP contribution >= 0.6 is 0 Å². The van der Waals surface area contributed by atoms with Crippen molar-refractivity contribution in [1.29, 1.82) is 0 Å². The lowest BCUT2D eigenvalue weighted by Crippen LogP contribution is -2.29. The maximum absolute atomic E-state index is 10.6. The average molecular weight is 144 g/mol. The minimum Gasteiger partial charge on any atom is -0.369 e. The van der Waals surface area contributed by atoms with Gasteiger partial charge in [-0.2, -0.15) is 0 Å². The summed E-state index contributed by atoms with van der Waals surface area (Å²) in [6.07, 6.45) is 2.96. The van der Waals surface area contributed by atoms with Crippen LogP contribution in [0, 0.1) is 5.92 Å². The Morgan fingerprint density at radius 1 is 1.60 bits per heavy atom. The SMILES string of the molecule is CCCCC(CN)C(N)=O. The van der Waals surface area contributed by atoms with E-state index in [-0.39, 0.29) is 11.8 Å². The summed E-state index contributed by atoms with van der Waals surface area (Å²) in [5, 5.41) is 0. The van der Waals surface area contributed by atoms with Gasteiger partial charge in [0.2, 0.25) is 5.91 Å². The number of nitrogens with two attached hydrogens (primary N) is 2. The van der Waals surface area contributed by atoms with Gasteiger partial charge < -0.3 is 11.5 Å². The van der Waals surface area contributed by atoms with Gasteiger partial charge in [0.05, 0.1) is 0 Å². The van der Waals surface area contributed by atoms with E-state index in [2.05, 4.69) is 6.92 Å². The van der Waals surface area contributed by atoms with Crippen LogP contribution in [0.15, 0.2) is 0 Å². The smallest absolute Gasteiger partial charge is 0.221 e. The third-order valence-electron chi connectivity index (χ3n) is 1.59. The summed E-state index contributed by atoms with van der Waals surface area (Å²) in [7, 11) is 0. The van der Waals surface area contributed by atoms with Crippen molar-refractivity contribution in [3.8, 4) is 0 Å². The molecule has 0 aliphatic carbocycles. The van der Waals surface area contributed by atoms with Crippen LogP contribution < -0.4 is 11.5 Å². The summed E-state index contributed by atoms with van der Waals surface area (Å²) in [4.78, 5) is 10.6. The van der Waals surface area contributed by atoms with Gasteiger partial charge in [-0.15, -0.1) is 0 Å². The van der Waals surface area contributed by atoms with Crippen molar-refractivity contribution in [2.75, 3.05) is 6.54 Å². The molecule has 1 amide bonds. The Balaban J connectivity index is 3.50. The number of amides is 1. The zero-order chi connectivity index (χ0) is 7.98. The molecule has 0 heterocycles. The van der Waals surface area contributed by atoms with Gasteiger partial charge in [0.1, 0.15) is 0 Å². The molecule has 0 aromatic heterocycles. The molecule has 10 heavy (non-hydrogen) atoms. The molecule has 0 aromatic carbocycles. The normalized spacial score (nSPS) is 13.0. The van der Waals surface area contributed by atoms with Gasteiger partial charge in [0, 0.05) is 12.5 Å². The first-order chi connectivity index (χ1) is 4.72. The zero-order valence-corrected chi connectivity index (χ0v) is 6.47. The fourth-order valence-electron chi connectivity index (χ4n) is 0.827. The summed E-state index contributed by atoms with van der Waals surface area (Å²) < 4.78 is 0. The van der Waals surface area contributed by atoms with Crippen LogP contribution in [-0.4, -0.2) is 12.5 Å². The second-order valence-electron chi connectivity index (χ2n) is 2.48. The van der Waals surface area contributed by atoms with Crippen LogP contribution in [0.2, 0.25) is 0 Å². The standard InChI is InChI=1S/C7H16N2O/c1-2-3-4-6(5-8)7(9)10/h6H,2-5,8H2,1H3,(H2,9,10). The van der Waals surface area contributed by atoms with Gasteiger partial charge in [-0.3, -0.25) is 4.79 Å². The lowest BCUT2D eigenvalue weighted by molar-refractivity contribution is -0.121. The van der Waals surface area contributed by atoms with E-state index in [1.807, 2.05) is 0 Å². The molecule has 0 fully saturated rings. The predicted octanol–water partition coefficient (Wildman–Crippen LogP) is 0.237. The molecule has 0 bridgehead atoms. The van der Waals surface area contributed by atoms with Crippen molar-refractivity contribution in [1.82, 2.24) is 0 Å². The number of hydrogen-bond donors (Lipinski definition) is 2. The Morgan fingerprint density at radius 2 is 2.20 bits per heavy atom. The largest absolute Gasteiger partial charge is 0.369 e. The molecule has 4 N–H and O–H groups in total. The topological polar surface area (TPSA) is 69.1 Å². The average Bonchev–Trinajstić information content (AvgIpc) is 1.89. The highest BCUT2D eigenvalue weighted by Gasteiger charge is 2.10. The predicted molar refractivity (Wildman–Crippen MR) is 41.3 cm³/mol. The Labute approximate surface area is 61.8 Å². The molecule has 0 saturated carbocycles. The van der Waals surface area contributed by atoms with Gasteiger partial charge >= 0.3 is 0 Å². The highest BCUT2D eigenvalue weighted by Crippen LogP contribution is 2.05. The molecule has 1 atom stereocenters. The van der Waals surface area contributed by atoms with Crippen LogP contribution in [0.4, 0.5) is 0 Å². The molecule has 0 rings (SSSR count). The van der Waals surface area contributed by atoms with E-state index >= 15 is 0 Å². The molecular weight excluding hydrogens is 128 g/mol. The van der Waals surface area contributed by atoms with Gasteiger partial charge in [0.15, 0.2) is 0 Å². The van der Waals surface area contributed by atoms with E-state index in [9.17, 15) is 4.79 Å². The van der Waals surface area contributed by atoms with Gasteiger partial charge in [-0.05, 0) is 6.42 Å². The van der Waals surface area contributed by atoms with E-state index < -0.39 is 0 Å². The summed E-state index contributed by atoms with van der Waals surface area (Å²) in [6, 6.07) is 0. The van der Waals surface area contributed by atoms with E-state index in [1.54, 1.807) is 0 Å². The highest BCUT2D eigenvalue weighted by atomic mass is 16.1. The second kappa shape index (κ2) is 5.23. The van der Waals surface area contributed by atoms with Crippen LogP contribution in [0.25, 0.3) is 0 Å². The first kappa shape index (κ1) is 9.43. The third kappa shape index (κ3) is 3.45. The number of primary amides is 1. The number of unbranched alkanes of at least 4 members (excludes halogenated alkanes) is 1. The van der Waals surface area contributed by atoms with Crippen molar-refractivity contribution in [3.05, 3.63) is 0 Å². The maximum atomic E-state index is 10.6.